The molecule has 0 bridgehead atoms. The molecule has 1 aromatic carbocycles. The van der Waals surface area contributed by atoms with Gasteiger partial charge in [0.15, 0.2) is 11.5 Å². The summed E-state index contributed by atoms with van der Waals surface area (Å²) in [5.74, 6) is 0.398. The van der Waals surface area contributed by atoms with Crippen LogP contribution in [-0.4, -0.2) is 53.7 Å². The van der Waals surface area contributed by atoms with Gasteiger partial charge in [-0.1, -0.05) is 12.1 Å². The maximum Gasteiger partial charge on any atom is 0.293 e. The highest BCUT2D eigenvalue weighted by molar-refractivity contribution is 8.18. The molecule has 3 rings (SSSR count). The summed E-state index contributed by atoms with van der Waals surface area (Å²) < 4.78 is 10.8. The Balaban J connectivity index is 1.63. The molecule has 1 aliphatic heterocycles. The van der Waals surface area contributed by atoms with Gasteiger partial charge in [0.25, 0.3) is 17.1 Å². The molecule has 8 nitrogen and oxygen atoms in total. The van der Waals surface area contributed by atoms with Crippen LogP contribution >= 0.6 is 11.8 Å². The van der Waals surface area contributed by atoms with Gasteiger partial charge in [0.05, 0.1) is 18.6 Å². The Labute approximate surface area is 184 Å². The van der Waals surface area contributed by atoms with Gasteiger partial charge in [-0.15, -0.1) is 0 Å². The smallest absolute Gasteiger partial charge is 0.293 e. The topological polar surface area (TPSA) is 97.8 Å². The molecule has 1 aromatic heterocycles. The lowest BCUT2D eigenvalue weighted by molar-refractivity contribution is -0.122. The van der Waals surface area contributed by atoms with E-state index in [0.29, 0.717) is 34.3 Å². The van der Waals surface area contributed by atoms with Gasteiger partial charge in [0.2, 0.25) is 0 Å². The number of aryl methyl sites for hydroxylation is 1. The molecule has 0 unspecified atom stereocenters. The van der Waals surface area contributed by atoms with E-state index in [1.807, 2.05) is 6.92 Å². The Hall–Kier alpha value is -3.33. The van der Waals surface area contributed by atoms with Gasteiger partial charge in [-0.05, 0) is 61.5 Å². The van der Waals surface area contributed by atoms with E-state index >= 15 is 0 Å². The van der Waals surface area contributed by atoms with E-state index in [0.717, 1.165) is 22.4 Å². The fraction of sp³-hybridized carbons (Fsp3) is 0.273. The second-order valence-corrected chi connectivity index (χ2v) is 7.59. The van der Waals surface area contributed by atoms with Crippen LogP contribution < -0.4 is 14.8 Å². The van der Waals surface area contributed by atoms with Crippen LogP contribution in [0.3, 0.4) is 0 Å². The SMILES string of the molecule is CCOc1ccc(/C=C2/SC(=O)N(CCNC(=O)c3cccc(C)n3)C2=O)cc1OC. The number of ether oxygens (including phenoxy) is 2. The van der Waals surface area contributed by atoms with Crippen molar-refractivity contribution in [2.75, 3.05) is 26.8 Å². The lowest BCUT2D eigenvalue weighted by atomic mass is 10.2. The van der Waals surface area contributed by atoms with Gasteiger partial charge in [-0.3, -0.25) is 19.3 Å². The normalized spacial score (nSPS) is 14.8. The van der Waals surface area contributed by atoms with Crippen molar-refractivity contribution in [3.8, 4) is 11.5 Å². The minimum absolute atomic E-state index is 0.0756. The molecule has 3 amide bonds. The number of hydrogen-bond acceptors (Lipinski definition) is 7. The van der Waals surface area contributed by atoms with Crippen LogP contribution in [0.5, 0.6) is 11.5 Å². The number of carbonyl (C=O) groups excluding carboxylic acids is 3. The largest absolute Gasteiger partial charge is 0.493 e. The average molecular weight is 442 g/mol. The zero-order valence-electron chi connectivity index (χ0n) is 17.5. The molecule has 2 aromatic rings. The Morgan fingerprint density at radius 2 is 2.03 bits per heavy atom. The number of aromatic nitrogens is 1. The molecule has 1 saturated heterocycles. The second-order valence-electron chi connectivity index (χ2n) is 6.60. The molecule has 162 valence electrons. The van der Waals surface area contributed by atoms with Crippen molar-refractivity contribution in [2.24, 2.45) is 0 Å². The first-order chi connectivity index (χ1) is 14.9. The molecule has 9 heteroatoms. The number of hydrogen-bond donors (Lipinski definition) is 1. The predicted molar refractivity (Wildman–Crippen MR) is 118 cm³/mol. The standard InChI is InChI=1S/C22H23N3O5S/c1-4-30-17-9-8-15(12-18(17)29-3)13-19-21(27)25(22(28)31-19)11-10-23-20(26)16-7-5-6-14(2)24-16/h5-9,12-13H,4,10-11H2,1-3H3,(H,23,26)/b19-13+. The van der Waals surface area contributed by atoms with Crippen molar-refractivity contribution in [3.05, 3.63) is 58.3 Å². The summed E-state index contributed by atoms with van der Waals surface area (Å²) in [5, 5.41) is 2.31. The number of thioether (sulfide) groups is 1. The van der Waals surface area contributed by atoms with Crippen LogP contribution in [0.2, 0.25) is 0 Å². The van der Waals surface area contributed by atoms with Gasteiger partial charge in [0.1, 0.15) is 5.69 Å². The summed E-state index contributed by atoms with van der Waals surface area (Å²) in [6, 6.07) is 10.4. The fourth-order valence-electron chi connectivity index (χ4n) is 2.93. The number of pyridine rings is 1. The maximum atomic E-state index is 12.7. The molecule has 1 N–H and O–H groups in total. The summed E-state index contributed by atoms with van der Waals surface area (Å²) in [5.41, 5.74) is 1.73. The summed E-state index contributed by atoms with van der Waals surface area (Å²) >= 11 is 0.863. The number of carbonyl (C=O) groups is 3. The third kappa shape index (κ3) is 5.43. The van der Waals surface area contributed by atoms with Gasteiger partial charge < -0.3 is 14.8 Å². The van der Waals surface area contributed by atoms with Gasteiger partial charge >= 0.3 is 0 Å². The molecule has 1 fully saturated rings. The van der Waals surface area contributed by atoms with E-state index in [4.69, 9.17) is 9.47 Å². The summed E-state index contributed by atoms with van der Waals surface area (Å²) in [6.07, 6.45) is 1.64. The molecule has 0 spiro atoms. The van der Waals surface area contributed by atoms with Crippen molar-refractivity contribution in [2.45, 2.75) is 13.8 Å². The van der Waals surface area contributed by atoms with Crippen molar-refractivity contribution >= 4 is 34.9 Å². The predicted octanol–water partition coefficient (Wildman–Crippen LogP) is 3.26. The Bertz CT molecular complexity index is 1040. The highest BCUT2D eigenvalue weighted by Crippen LogP contribution is 2.34. The first kappa shape index (κ1) is 22.4. The van der Waals surface area contributed by atoms with Crippen LogP contribution in [0.25, 0.3) is 6.08 Å². The van der Waals surface area contributed by atoms with Gasteiger partial charge in [-0.2, -0.15) is 0 Å². The molecular weight excluding hydrogens is 418 g/mol. The first-order valence-corrected chi connectivity index (χ1v) is 10.5. The van der Waals surface area contributed by atoms with Gasteiger partial charge in [0, 0.05) is 18.8 Å². The van der Waals surface area contributed by atoms with Crippen molar-refractivity contribution < 1.29 is 23.9 Å². The Morgan fingerprint density at radius 1 is 1.23 bits per heavy atom. The monoisotopic (exact) mass is 441 g/mol. The van der Waals surface area contributed by atoms with Crippen LogP contribution in [0.1, 0.15) is 28.7 Å². The minimum atomic E-state index is -0.397. The average Bonchev–Trinajstić information content (AvgIpc) is 3.02. The van der Waals surface area contributed by atoms with E-state index in [2.05, 4.69) is 10.3 Å². The molecule has 0 aliphatic carbocycles. The van der Waals surface area contributed by atoms with E-state index in [1.54, 1.807) is 49.4 Å². The fourth-order valence-corrected chi connectivity index (χ4v) is 3.80. The number of imide groups is 1. The quantitative estimate of drug-likeness (QED) is 0.628. The molecule has 0 saturated carbocycles. The van der Waals surface area contributed by atoms with Crippen LogP contribution in [0, 0.1) is 6.92 Å². The van der Waals surface area contributed by atoms with Crippen molar-refractivity contribution in [1.82, 2.24) is 15.2 Å². The molecule has 0 radical (unpaired) electrons. The van der Waals surface area contributed by atoms with Gasteiger partial charge in [-0.25, -0.2) is 4.98 Å². The first-order valence-electron chi connectivity index (χ1n) is 9.71. The third-order valence-electron chi connectivity index (χ3n) is 4.40. The summed E-state index contributed by atoms with van der Waals surface area (Å²) in [7, 11) is 1.54. The lowest BCUT2D eigenvalue weighted by Gasteiger charge is -2.13. The van der Waals surface area contributed by atoms with Crippen LogP contribution in [-0.2, 0) is 4.79 Å². The highest BCUT2D eigenvalue weighted by atomic mass is 32.2. The Kier molecular flexibility index (Phi) is 7.30. The van der Waals surface area contributed by atoms with E-state index in [-0.39, 0.29) is 24.2 Å². The lowest BCUT2D eigenvalue weighted by Crippen LogP contribution is -2.37. The van der Waals surface area contributed by atoms with Crippen molar-refractivity contribution in [1.29, 1.82) is 0 Å². The second kappa shape index (κ2) is 10.1. The highest BCUT2D eigenvalue weighted by Gasteiger charge is 2.34. The molecular formula is C22H23N3O5S. The maximum absolute atomic E-state index is 12.7. The van der Waals surface area contributed by atoms with E-state index in [1.165, 1.54) is 7.11 Å². The number of amides is 3. The number of nitrogens with zero attached hydrogens (tertiary/aromatic N) is 2. The number of rotatable bonds is 8. The zero-order chi connectivity index (χ0) is 22.4. The summed E-state index contributed by atoms with van der Waals surface area (Å²) in [4.78, 5) is 42.7. The van der Waals surface area contributed by atoms with Crippen LogP contribution in [0.4, 0.5) is 4.79 Å². The Morgan fingerprint density at radius 3 is 2.74 bits per heavy atom. The molecule has 0 atom stereocenters. The molecule has 31 heavy (non-hydrogen) atoms. The van der Waals surface area contributed by atoms with E-state index < -0.39 is 5.91 Å². The summed E-state index contributed by atoms with van der Waals surface area (Å²) in [6.45, 7) is 4.39. The number of nitrogens with one attached hydrogen (secondary N) is 1. The minimum Gasteiger partial charge on any atom is -0.493 e. The molecule has 2 heterocycles. The number of benzene rings is 1. The third-order valence-corrected chi connectivity index (χ3v) is 5.31. The number of methoxy groups -OCH3 is 1. The molecule has 1 aliphatic rings. The van der Waals surface area contributed by atoms with Crippen molar-refractivity contribution in [3.63, 3.8) is 0 Å². The van der Waals surface area contributed by atoms with E-state index in [9.17, 15) is 14.4 Å². The van der Waals surface area contributed by atoms with Crippen LogP contribution in [0.15, 0.2) is 41.3 Å². The zero-order valence-corrected chi connectivity index (χ0v) is 18.3.